The van der Waals surface area contributed by atoms with E-state index in [4.69, 9.17) is 0 Å². The van der Waals surface area contributed by atoms with Crippen molar-refractivity contribution in [2.45, 2.75) is 43.3 Å². The first-order valence-corrected chi connectivity index (χ1v) is 8.60. The molecule has 0 aromatic heterocycles. The summed E-state index contributed by atoms with van der Waals surface area (Å²) in [6, 6.07) is 10.5. The van der Waals surface area contributed by atoms with E-state index >= 15 is 0 Å². The van der Waals surface area contributed by atoms with E-state index in [1.54, 1.807) is 0 Å². The van der Waals surface area contributed by atoms with Gasteiger partial charge in [0.1, 0.15) is 0 Å². The van der Waals surface area contributed by atoms with E-state index in [-0.39, 0.29) is 4.82 Å². The Labute approximate surface area is 116 Å². The van der Waals surface area contributed by atoms with Gasteiger partial charge in [-0.05, 0) is 0 Å². The summed E-state index contributed by atoms with van der Waals surface area (Å²) in [5.74, 6) is 0.495. The second kappa shape index (κ2) is 7.55. The summed E-state index contributed by atoms with van der Waals surface area (Å²) in [4.78, 5) is 12.5. The van der Waals surface area contributed by atoms with Gasteiger partial charge in [-0.15, -0.1) is 0 Å². The maximum absolute atomic E-state index is 12.2. The van der Waals surface area contributed by atoms with Crippen molar-refractivity contribution < 1.29 is 4.79 Å². The number of hydrogen-bond acceptors (Lipinski definition) is 1. The maximum atomic E-state index is 12.2. The van der Waals surface area contributed by atoms with Crippen LogP contribution >= 0.6 is 0 Å². The third-order valence-corrected chi connectivity index (χ3v) is 5.97. The first-order chi connectivity index (χ1) is 8.86. The fourth-order valence-electron chi connectivity index (χ4n) is 2.15. The Morgan fingerprint density at radius 1 is 1.00 bits per heavy atom. The summed E-state index contributed by atoms with van der Waals surface area (Å²) in [5.41, 5.74) is 0. The van der Waals surface area contributed by atoms with Crippen molar-refractivity contribution in [2.24, 2.45) is 0 Å². The van der Waals surface area contributed by atoms with Gasteiger partial charge in [-0.1, -0.05) is 0 Å². The fourth-order valence-corrected chi connectivity index (χ4v) is 4.56. The Kier molecular flexibility index (Phi) is 5.70. The number of carbonyl (C=O) groups excluding carboxylic acids is 1. The van der Waals surface area contributed by atoms with E-state index in [1.165, 1.54) is 4.46 Å². The van der Waals surface area contributed by atoms with Gasteiger partial charge in [0.2, 0.25) is 0 Å². The van der Waals surface area contributed by atoms with Crippen LogP contribution in [-0.2, 0) is 4.79 Å². The molecule has 96 valence electrons. The molecule has 1 aliphatic rings. The van der Waals surface area contributed by atoms with Crippen molar-refractivity contribution in [1.29, 1.82) is 0 Å². The van der Waals surface area contributed by atoms with Crippen LogP contribution in [-0.4, -0.2) is 20.7 Å². The molecule has 18 heavy (non-hydrogen) atoms. The average Bonchev–Trinajstić information content (AvgIpc) is 2.41. The van der Waals surface area contributed by atoms with Gasteiger partial charge in [0.25, 0.3) is 0 Å². The van der Waals surface area contributed by atoms with Gasteiger partial charge in [0.05, 0.1) is 0 Å². The number of carbonyl (C=O) groups is 1. The molecule has 1 aromatic carbocycles. The van der Waals surface area contributed by atoms with Gasteiger partial charge in [-0.2, -0.15) is 0 Å². The van der Waals surface area contributed by atoms with Gasteiger partial charge in [0, 0.05) is 0 Å². The summed E-state index contributed by atoms with van der Waals surface area (Å²) >= 11 is 0.297. The Balaban J connectivity index is 2.00. The zero-order chi connectivity index (χ0) is 12.6. The summed E-state index contributed by atoms with van der Waals surface area (Å²) in [6.07, 6.45) is 10.8. The molecular weight excluding hydrogens is 287 g/mol. The molecule has 0 heterocycles. The molecule has 0 fully saturated rings. The first kappa shape index (κ1) is 13.6. The molecule has 1 aromatic rings. The van der Waals surface area contributed by atoms with Crippen molar-refractivity contribution in [1.82, 2.24) is 0 Å². The second-order valence-corrected chi connectivity index (χ2v) is 7.36. The third-order valence-electron chi connectivity index (χ3n) is 3.19. The molecule has 0 saturated heterocycles. The quantitative estimate of drug-likeness (QED) is 0.605. The van der Waals surface area contributed by atoms with E-state index in [2.05, 4.69) is 36.4 Å². The molecule has 1 atom stereocenters. The molecule has 2 rings (SSSR count). The van der Waals surface area contributed by atoms with Gasteiger partial charge < -0.3 is 0 Å². The number of benzene rings is 1. The third kappa shape index (κ3) is 4.44. The van der Waals surface area contributed by atoms with Crippen LogP contribution in [0.3, 0.4) is 0 Å². The second-order valence-electron chi connectivity index (χ2n) is 4.68. The Morgan fingerprint density at radius 3 is 2.61 bits per heavy atom. The Hall–Kier alpha value is -0.851. The Morgan fingerprint density at radius 2 is 1.78 bits per heavy atom. The van der Waals surface area contributed by atoms with E-state index in [1.807, 2.05) is 6.07 Å². The minimum absolute atomic E-state index is 0.280. The van der Waals surface area contributed by atoms with E-state index in [0.717, 1.165) is 38.5 Å². The SMILES string of the molecule is O=C1CCCC/C=C/CCC1[Se]c1ccccc1. The minimum atomic E-state index is 0.280. The average molecular weight is 307 g/mol. The van der Waals surface area contributed by atoms with E-state index in [0.29, 0.717) is 20.7 Å². The monoisotopic (exact) mass is 308 g/mol. The number of allylic oxidation sites excluding steroid dienone is 2. The zero-order valence-electron chi connectivity index (χ0n) is 10.7. The van der Waals surface area contributed by atoms with Gasteiger partial charge in [-0.3, -0.25) is 0 Å². The number of ketones is 1. The predicted molar refractivity (Wildman–Crippen MR) is 77.4 cm³/mol. The van der Waals surface area contributed by atoms with Gasteiger partial charge in [0.15, 0.2) is 0 Å². The van der Waals surface area contributed by atoms with Crippen LogP contribution in [0.1, 0.15) is 38.5 Å². The molecule has 1 aliphatic carbocycles. The van der Waals surface area contributed by atoms with Crippen LogP contribution in [0.4, 0.5) is 0 Å². The summed E-state index contributed by atoms with van der Waals surface area (Å²) in [6.45, 7) is 0. The van der Waals surface area contributed by atoms with Crippen LogP contribution in [0, 0.1) is 0 Å². The van der Waals surface area contributed by atoms with Crippen molar-refractivity contribution in [3.63, 3.8) is 0 Å². The van der Waals surface area contributed by atoms with Crippen LogP contribution in [0.15, 0.2) is 42.5 Å². The summed E-state index contributed by atoms with van der Waals surface area (Å²) < 4.78 is 1.35. The predicted octanol–water partition coefficient (Wildman–Crippen LogP) is 3.28. The molecule has 0 saturated carbocycles. The number of Topliss-reactive ketones (excluding diaryl/α,β-unsaturated/α-hetero) is 1. The standard InChI is InChI=1S/C16H20OSe/c17-15-12-8-3-1-2-4-9-13-16(15)18-14-10-6-5-7-11-14/h2,4-7,10-11,16H,1,3,8-9,12-13H2/b4-2+. The van der Waals surface area contributed by atoms with Crippen LogP contribution in [0.25, 0.3) is 0 Å². The molecule has 0 amide bonds. The summed E-state index contributed by atoms with van der Waals surface area (Å²) in [7, 11) is 0. The molecule has 1 unspecified atom stereocenters. The molecule has 0 N–H and O–H groups in total. The van der Waals surface area contributed by atoms with E-state index < -0.39 is 0 Å². The van der Waals surface area contributed by atoms with Gasteiger partial charge >= 0.3 is 116 Å². The van der Waals surface area contributed by atoms with Crippen molar-refractivity contribution >= 4 is 25.2 Å². The van der Waals surface area contributed by atoms with Crippen LogP contribution in [0.2, 0.25) is 4.82 Å². The van der Waals surface area contributed by atoms with Crippen molar-refractivity contribution in [2.75, 3.05) is 0 Å². The molecule has 0 aliphatic heterocycles. The molecule has 0 spiro atoms. The van der Waals surface area contributed by atoms with Gasteiger partial charge in [-0.25, -0.2) is 0 Å². The topological polar surface area (TPSA) is 17.1 Å². The normalized spacial score (nSPS) is 23.6. The van der Waals surface area contributed by atoms with Crippen molar-refractivity contribution in [3.05, 3.63) is 42.5 Å². The first-order valence-electron chi connectivity index (χ1n) is 6.75. The molecule has 1 nitrogen and oxygen atoms in total. The summed E-state index contributed by atoms with van der Waals surface area (Å²) in [5, 5.41) is 0. The van der Waals surface area contributed by atoms with E-state index in [9.17, 15) is 4.79 Å². The van der Waals surface area contributed by atoms with Crippen LogP contribution < -0.4 is 4.46 Å². The van der Waals surface area contributed by atoms with Crippen LogP contribution in [0.5, 0.6) is 0 Å². The molecular formula is C16H20OSe. The fraction of sp³-hybridized carbons (Fsp3) is 0.438. The molecule has 2 heteroatoms. The number of rotatable bonds is 2. The molecule has 0 radical (unpaired) electrons. The molecule has 0 bridgehead atoms. The Bertz CT molecular complexity index is 397. The zero-order valence-corrected chi connectivity index (χ0v) is 12.4. The number of hydrogen-bond donors (Lipinski definition) is 0. The van der Waals surface area contributed by atoms with Crippen molar-refractivity contribution in [3.8, 4) is 0 Å².